The third kappa shape index (κ3) is 2.91. The van der Waals surface area contributed by atoms with Crippen LogP contribution in [0.2, 0.25) is 0 Å². The van der Waals surface area contributed by atoms with Gasteiger partial charge in [-0.05, 0) is 0 Å². The van der Waals surface area contributed by atoms with E-state index in [0.717, 1.165) is 0 Å². The van der Waals surface area contributed by atoms with Crippen molar-refractivity contribution in [2.75, 3.05) is 14.1 Å². The Balaban J connectivity index is 2.37. The van der Waals surface area contributed by atoms with Crippen LogP contribution in [0.3, 0.4) is 0 Å². The van der Waals surface area contributed by atoms with Gasteiger partial charge in [0.05, 0.1) is 24.8 Å². The second-order valence-corrected chi connectivity index (χ2v) is 4.74. The highest BCUT2D eigenvalue weighted by Crippen LogP contribution is 2.21. The summed E-state index contributed by atoms with van der Waals surface area (Å²) >= 11 is 0. The number of hydrogen-bond donors (Lipinski definition) is 1. The fourth-order valence-electron chi connectivity index (χ4n) is 1.88. The van der Waals surface area contributed by atoms with Gasteiger partial charge in [-0.1, -0.05) is 5.21 Å². The van der Waals surface area contributed by atoms with E-state index >= 15 is 0 Å². The summed E-state index contributed by atoms with van der Waals surface area (Å²) in [6.45, 7) is 0.248. The van der Waals surface area contributed by atoms with Crippen molar-refractivity contribution in [3.8, 4) is 11.4 Å². The zero-order valence-electron chi connectivity index (χ0n) is 12.0. The molecule has 112 valence electrons. The lowest BCUT2D eigenvalue weighted by Gasteiger charge is -2.11. The lowest BCUT2D eigenvalue weighted by atomic mass is 10.2. The minimum Gasteiger partial charge on any atom is -0.476 e. The summed E-state index contributed by atoms with van der Waals surface area (Å²) in [5, 5.41) is 16.7. The molecule has 9 nitrogen and oxygen atoms in total. The lowest BCUT2D eigenvalue weighted by Crippen LogP contribution is -2.23. The molecule has 0 radical (unpaired) electrons. The Morgan fingerprint density at radius 2 is 2.10 bits per heavy atom. The van der Waals surface area contributed by atoms with Crippen LogP contribution in [0.4, 0.5) is 0 Å². The molecule has 0 atom stereocenters. The number of aromatic carboxylic acids is 1. The van der Waals surface area contributed by atoms with E-state index in [1.54, 1.807) is 32.0 Å². The number of aromatic nitrogens is 5. The van der Waals surface area contributed by atoms with Gasteiger partial charge in [0.15, 0.2) is 5.69 Å². The molecular weight excluding hydrogens is 276 g/mol. The summed E-state index contributed by atoms with van der Waals surface area (Å²) in [6.07, 6.45) is 3.30. The zero-order valence-corrected chi connectivity index (χ0v) is 12.0. The van der Waals surface area contributed by atoms with Gasteiger partial charge in [0.2, 0.25) is 5.91 Å². The minimum atomic E-state index is -1.17. The van der Waals surface area contributed by atoms with Crippen LogP contribution in [0.15, 0.2) is 12.5 Å². The van der Waals surface area contributed by atoms with Crippen molar-refractivity contribution in [3.63, 3.8) is 0 Å². The Hall–Kier alpha value is -2.71. The Bertz CT molecular complexity index is 672. The summed E-state index contributed by atoms with van der Waals surface area (Å²) < 4.78 is 3.09. The third-order valence-corrected chi connectivity index (χ3v) is 3.03. The third-order valence-electron chi connectivity index (χ3n) is 3.03. The SMILES string of the molecule is CN(C)C(=O)CCn1nnc(C(=O)O)c1-c1cncn1C. The molecule has 2 aromatic heterocycles. The predicted octanol–water partition coefficient (Wildman–Crippen LogP) is -0.145. The highest BCUT2D eigenvalue weighted by atomic mass is 16.4. The maximum atomic E-state index is 11.7. The molecule has 9 heteroatoms. The van der Waals surface area contributed by atoms with E-state index in [9.17, 15) is 14.7 Å². The molecule has 2 rings (SSSR count). The molecule has 21 heavy (non-hydrogen) atoms. The maximum Gasteiger partial charge on any atom is 0.358 e. The number of carbonyl (C=O) groups is 2. The predicted molar refractivity (Wildman–Crippen MR) is 72.5 cm³/mol. The Morgan fingerprint density at radius 1 is 1.38 bits per heavy atom. The van der Waals surface area contributed by atoms with Crippen LogP contribution in [0.1, 0.15) is 16.9 Å². The van der Waals surface area contributed by atoms with Gasteiger partial charge in [-0.25, -0.2) is 14.5 Å². The average molecular weight is 292 g/mol. The van der Waals surface area contributed by atoms with E-state index in [1.807, 2.05) is 0 Å². The number of imidazole rings is 1. The van der Waals surface area contributed by atoms with E-state index in [2.05, 4.69) is 15.3 Å². The first-order valence-electron chi connectivity index (χ1n) is 6.25. The van der Waals surface area contributed by atoms with Gasteiger partial charge < -0.3 is 14.6 Å². The molecule has 1 amide bonds. The van der Waals surface area contributed by atoms with Crippen LogP contribution < -0.4 is 0 Å². The van der Waals surface area contributed by atoms with Crippen LogP contribution in [0.25, 0.3) is 11.4 Å². The smallest absolute Gasteiger partial charge is 0.358 e. The summed E-state index contributed by atoms with van der Waals surface area (Å²) in [6, 6.07) is 0. The van der Waals surface area contributed by atoms with Crippen molar-refractivity contribution in [2.24, 2.45) is 7.05 Å². The van der Waals surface area contributed by atoms with Crippen molar-refractivity contribution in [2.45, 2.75) is 13.0 Å². The summed E-state index contributed by atoms with van der Waals surface area (Å²) in [7, 11) is 5.07. The number of carboxylic acids is 1. The first-order chi connectivity index (χ1) is 9.91. The van der Waals surface area contributed by atoms with E-state index in [4.69, 9.17) is 0 Å². The monoisotopic (exact) mass is 292 g/mol. The largest absolute Gasteiger partial charge is 0.476 e. The summed E-state index contributed by atoms with van der Waals surface area (Å²) in [5.41, 5.74) is 0.764. The van der Waals surface area contributed by atoms with Crippen LogP contribution in [0.5, 0.6) is 0 Å². The van der Waals surface area contributed by atoms with E-state index in [1.165, 1.54) is 15.8 Å². The topological polar surface area (TPSA) is 106 Å². The molecule has 1 N–H and O–H groups in total. The number of carbonyl (C=O) groups excluding carboxylic acids is 1. The molecule has 0 saturated heterocycles. The van der Waals surface area contributed by atoms with Gasteiger partial charge in [-0.2, -0.15) is 0 Å². The zero-order chi connectivity index (χ0) is 15.6. The minimum absolute atomic E-state index is 0.0710. The van der Waals surface area contributed by atoms with Crippen LogP contribution in [-0.4, -0.2) is 60.5 Å². The van der Waals surface area contributed by atoms with Crippen molar-refractivity contribution < 1.29 is 14.7 Å². The lowest BCUT2D eigenvalue weighted by molar-refractivity contribution is -0.128. The second kappa shape index (κ2) is 5.73. The molecule has 0 saturated carbocycles. The normalized spacial score (nSPS) is 10.6. The Labute approximate surface area is 120 Å². The van der Waals surface area contributed by atoms with Gasteiger partial charge in [0.1, 0.15) is 5.69 Å². The van der Waals surface area contributed by atoms with Gasteiger partial charge in [0.25, 0.3) is 0 Å². The molecular formula is C12H16N6O3. The molecule has 0 aliphatic rings. The number of aryl methyl sites for hydroxylation is 2. The molecule has 0 fully saturated rings. The molecule has 0 spiro atoms. The van der Waals surface area contributed by atoms with Gasteiger partial charge in [0, 0.05) is 27.6 Å². The van der Waals surface area contributed by atoms with Crippen LogP contribution in [0, 0.1) is 0 Å². The molecule has 0 aromatic carbocycles. The number of rotatable bonds is 5. The van der Waals surface area contributed by atoms with Crippen molar-refractivity contribution in [1.82, 2.24) is 29.4 Å². The number of carboxylic acid groups (broad SMARTS) is 1. The first-order valence-corrected chi connectivity index (χ1v) is 6.25. The first kappa shape index (κ1) is 14.7. The Kier molecular flexibility index (Phi) is 4.01. The maximum absolute atomic E-state index is 11.7. The molecule has 2 heterocycles. The van der Waals surface area contributed by atoms with Crippen molar-refractivity contribution in [1.29, 1.82) is 0 Å². The molecule has 0 aliphatic heterocycles. The molecule has 0 aliphatic carbocycles. The molecule has 2 aromatic rings. The van der Waals surface area contributed by atoms with E-state index in [-0.39, 0.29) is 24.6 Å². The van der Waals surface area contributed by atoms with Crippen LogP contribution >= 0.6 is 0 Å². The van der Waals surface area contributed by atoms with Gasteiger partial charge in [-0.3, -0.25) is 4.79 Å². The van der Waals surface area contributed by atoms with Crippen molar-refractivity contribution in [3.05, 3.63) is 18.2 Å². The Morgan fingerprint density at radius 3 is 2.62 bits per heavy atom. The number of nitrogens with zero attached hydrogens (tertiary/aromatic N) is 6. The molecule has 0 bridgehead atoms. The van der Waals surface area contributed by atoms with Crippen LogP contribution in [-0.2, 0) is 18.4 Å². The average Bonchev–Trinajstić information content (AvgIpc) is 3.01. The van der Waals surface area contributed by atoms with E-state index in [0.29, 0.717) is 11.4 Å². The highest BCUT2D eigenvalue weighted by molar-refractivity contribution is 5.92. The standard InChI is InChI=1S/C12H16N6O3/c1-16(2)9(19)4-5-18-11(8-6-13-7-17(8)3)10(12(20)21)14-15-18/h6-7H,4-5H2,1-3H3,(H,20,21). The fourth-order valence-corrected chi connectivity index (χ4v) is 1.88. The number of hydrogen-bond acceptors (Lipinski definition) is 5. The van der Waals surface area contributed by atoms with Gasteiger partial charge >= 0.3 is 5.97 Å². The quantitative estimate of drug-likeness (QED) is 0.821. The fraction of sp³-hybridized carbons (Fsp3) is 0.417. The van der Waals surface area contributed by atoms with E-state index < -0.39 is 5.97 Å². The summed E-state index contributed by atoms with van der Waals surface area (Å²) in [5.74, 6) is -1.24. The van der Waals surface area contributed by atoms with Gasteiger partial charge in [-0.15, -0.1) is 5.10 Å². The number of amides is 1. The second-order valence-electron chi connectivity index (χ2n) is 4.74. The highest BCUT2D eigenvalue weighted by Gasteiger charge is 2.23. The molecule has 0 unspecified atom stereocenters. The summed E-state index contributed by atoms with van der Waals surface area (Å²) in [4.78, 5) is 28.4. The van der Waals surface area contributed by atoms with Crippen molar-refractivity contribution >= 4 is 11.9 Å².